The van der Waals surface area contributed by atoms with Crippen LogP contribution in [0.3, 0.4) is 0 Å². The maximum atomic E-state index is 12.1. The lowest BCUT2D eigenvalue weighted by Crippen LogP contribution is -2.48. The molecule has 1 aliphatic rings. The molecule has 0 radical (unpaired) electrons. The molecule has 1 saturated heterocycles. The Kier molecular flexibility index (Phi) is 6.62. The number of amides is 2. The molecule has 19 heavy (non-hydrogen) atoms. The van der Waals surface area contributed by atoms with E-state index in [-0.39, 0.29) is 18.5 Å². The van der Waals surface area contributed by atoms with Gasteiger partial charge in [0.15, 0.2) is 0 Å². The number of likely N-dealkylation sites (N-methyl/N-ethyl adjacent to an activating group) is 1. The molecule has 1 fully saturated rings. The number of hydrogen-bond acceptors (Lipinski definition) is 3. The van der Waals surface area contributed by atoms with Crippen molar-refractivity contribution in [2.75, 3.05) is 33.2 Å². The van der Waals surface area contributed by atoms with Crippen molar-refractivity contribution in [3.05, 3.63) is 0 Å². The van der Waals surface area contributed by atoms with Gasteiger partial charge in [-0.05, 0) is 32.9 Å². The highest BCUT2D eigenvalue weighted by Crippen LogP contribution is 2.12. The molecule has 0 aromatic carbocycles. The maximum absolute atomic E-state index is 12.1. The average molecular weight is 271 g/mol. The summed E-state index contributed by atoms with van der Waals surface area (Å²) < 4.78 is 0. The fourth-order valence-electron chi connectivity index (χ4n) is 2.40. The van der Waals surface area contributed by atoms with Crippen LogP contribution in [-0.4, -0.2) is 66.2 Å². The van der Waals surface area contributed by atoms with Crippen LogP contribution in [0.25, 0.3) is 0 Å². The highest BCUT2D eigenvalue weighted by Gasteiger charge is 2.25. The van der Waals surface area contributed by atoms with Crippen molar-refractivity contribution in [3.63, 3.8) is 0 Å². The summed E-state index contributed by atoms with van der Waals surface area (Å²) in [6, 6.07) is 0.180. The van der Waals surface area contributed by atoms with Crippen LogP contribution in [-0.2, 0) is 4.79 Å². The van der Waals surface area contributed by atoms with Gasteiger partial charge < -0.3 is 20.2 Å². The topological polar surface area (TPSA) is 72.9 Å². The summed E-state index contributed by atoms with van der Waals surface area (Å²) in [6.45, 7) is 5.20. The van der Waals surface area contributed by atoms with Crippen molar-refractivity contribution < 1.29 is 14.7 Å². The number of nitrogens with one attached hydrogen (secondary N) is 1. The van der Waals surface area contributed by atoms with Crippen LogP contribution in [0.5, 0.6) is 0 Å². The minimum atomic E-state index is -0.822. The molecule has 1 atom stereocenters. The molecule has 0 aliphatic carbocycles. The van der Waals surface area contributed by atoms with Gasteiger partial charge in [-0.2, -0.15) is 0 Å². The molecule has 2 N–H and O–H groups in total. The Morgan fingerprint density at radius 3 is 2.74 bits per heavy atom. The largest absolute Gasteiger partial charge is 0.481 e. The van der Waals surface area contributed by atoms with E-state index in [4.69, 9.17) is 5.11 Å². The fourth-order valence-corrected chi connectivity index (χ4v) is 2.40. The normalized spacial score (nSPS) is 20.9. The van der Waals surface area contributed by atoms with Crippen molar-refractivity contribution in [1.82, 2.24) is 15.1 Å². The van der Waals surface area contributed by atoms with Crippen molar-refractivity contribution in [1.29, 1.82) is 0 Å². The number of carboxylic acid groups (broad SMARTS) is 1. The van der Waals surface area contributed by atoms with Crippen molar-refractivity contribution in [3.8, 4) is 0 Å². The molecule has 1 rings (SSSR count). The minimum Gasteiger partial charge on any atom is -0.481 e. The summed E-state index contributed by atoms with van der Waals surface area (Å²) in [5.41, 5.74) is 0. The van der Waals surface area contributed by atoms with Crippen LogP contribution >= 0.6 is 0 Å². The number of rotatable bonds is 5. The minimum absolute atomic E-state index is 0.0625. The fraction of sp³-hybridized carbons (Fsp3) is 0.846. The molecule has 2 amide bonds. The second kappa shape index (κ2) is 7.99. The first-order valence-electron chi connectivity index (χ1n) is 6.99. The first kappa shape index (κ1) is 15.8. The van der Waals surface area contributed by atoms with Gasteiger partial charge in [-0.25, -0.2) is 4.79 Å². The van der Waals surface area contributed by atoms with Crippen molar-refractivity contribution in [2.24, 2.45) is 0 Å². The molecule has 0 saturated carbocycles. The summed E-state index contributed by atoms with van der Waals surface area (Å²) in [5, 5.41) is 11.4. The first-order valence-corrected chi connectivity index (χ1v) is 6.99. The van der Waals surface area contributed by atoms with Crippen LogP contribution in [0, 0.1) is 0 Å². The number of carbonyl (C=O) groups excluding carboxylic acids is 1. The van der Waals surface area contributed by atoms with E-state index in [0.29, 0.717) is 13.0 Å². The van der Waals surface area contributed by atoms with Gasteiger partial charge in [0.1, 0.15) is 0 Å². The zero-order chi connectivity index (χ0) is 14.3. The van der Waals surface area contributed by atoms with Gasteiger partial charge >= 0.3 is 12.0 Å². The quantitative estimate of drug-likeness (QED) is 0.731. The summed E-state index contributed by atoms with van der Waals surface area (Å²) in [4.78, 5) is 26.7. The maximum Gasteiger partial charge on any atom is 0.317 e. The standard InChI is InChI=1S/C13H25N3O3/c1-3-11-10-15(2)8-5-9-16(11)13(19)14-7-4-6-12(17)18/h11H,3-10H2,1-2H3,(H,14,19)(H,17,18). The van der Waals surface area contributed by atoms with Crippen LogP contribution in [0.15, 0.2) is 0 Å². The predicted molar refractivity (Wildman–Crippen MR) is 73.2 cm³/mol. The van der Waals surface area contributed by atoms with E-state index < -0.39 is 5.97 Å². The van der Waals surface area contributed by atoms with Gasteiger partial charge in [0.25, 0.3) is 0 Å². The molecule has 6 nitrogen and oxygen atoms in total. The Bertz CT molecular complexity index is 310. The van der Waals surface area contributed by atoms with Gasteiger partial charge in [0.2, 0.25) is 0 Å². The Labute approximate surface area is 114 Å². The average Bonchev–Trinajstić information content (AvgIpc) is 2.55. The smallest absolute Gasteiger partial charge is 0.317 e. The van der Waals surface area contributed by atoms with Crippen LogP contribution in [0.1, 0.15) is 32.6 Å². The highest BCUT2D eigenvalue weighted by atomic mass is 16.4. The van der Waals surface area contributed by atoms with Gasteiger partial charge in [-0.3, -0.25) is 4.79 Å². The SMILES string of the molecule is CCC1CN(C)CCCN1C(=O)NCCCC(=O)O. The Morgan fingerprint density at radius 2 is 2.11 bits per heavy atom. The van der Waals surface area contributed by atoms with Crippen LogP contribution < -0.4 is 5.32 Å². The number of hydrogen-bond donors (Lipinski definition) is 2. The third-order valence-corrected chi connectivity index (χ3v) is 3.48. The molecular weight excluding hydrogens is 246 g/mol. The third-order valence-electron chi connectivity index (χ3n) is 3.48. The highest BCUT2D eigenvalue weighted by molar-refractivity contribution is 5.74. The monoisotopic (exact) mass is 271 g/mol. The van der Waals surface area contributed by atoms with Crippen molar-refractivity contribution >= 4 is 12.0 Å². The summed E-state index contributed by atoms with van der Waals surface area (Å²) in [7, 11) is 2.08. The summed E-state index contributed by atoms with van der Waals surface area (Å²) >= 11 is 0. The van der Waals surface area contributed by atoms with Gasteiger partial charge in [-0.15, -0.1) is 0 Å². The molecule has 0 aromatic heterocycles. The summed E-state index contributed by atoms with van der Waals surface area (Å²) in [6.07, 6.45) is 2.49. The Hall–Kier alpha value is -1.30. The number of carbonyl (C=O) groups is 2. The number of nitrogens with zero attached hydrogens (tertiary/aromatic N) is 2. The first-order chi connectivity index (χ1) is 9.04. The van der Waals surface area contributed by atoms with E-state index in [1.165, 1.54) is 0 Å². The summed E-state index contributed by atoms with van der Waals surface area (Å²) in [5.74, 6) is -0.822. The molecule has 1 unspecified atom stereocenters. The second-order valence-corrected chi connectivity index (χ2v) is 5.10. The van der Waals surface area contributed by atoms with Crippen LogP contribution in [0.2, 0.25) is 0 Å². The van der Waals surface area contributed by atoms with E-state index >= 15 is 0 Å². The lowest BCUT2D eigenvalue weighted by Gasteiger charge is -2.30. The number of aliphatic carboxylic acids is 1. The molecule has 0 spiro atoms. The van der Waals surface area contributed by atoms with Crippen molar-refractivity contribution in [2.45, 2.75) is 38.6 Å². The molecule has 1 heterocycles. The Balaban J connectivity index is 2.41. The molecule has 0 aromatic rings. The molecular formula is C13H25N3O3. The molecule has 1 aliphatic heterocycles. The number of urea groups is 1. The second-order valence-electron chi connectivity index (χ2n) is 5.10. The van der Waals surface area contributed by atoms with Gasteiger partial charge in [0, 0.05) is 32.1 Å². The number of carboxylic acids is 1. The van der Waals surface area contributed by atoms with E-state index in [0.717, 1.165) is 32.5 Å². The predicted octanol–water partition coefficient (Wildman–Crippen LogP) is 0.977. The van der Waals surface area contributed by atoms with Crippen LogP contribution in [0.4, 0.5) is 4.79 Å². The lowest BCUT2D eigenvalue weighted by molar-refractivity contribution is -0.137. The third kappa shape index (κ3) is 5.46. The van der Waals surface area contributed by atoms with E-state index in [9.17, 15) is 9.59 Å². The zero-order valence-corrected chi connectivity index (χ0v) is 11.9. The van der Waals surface area contributed by atoms with Gasteiger partial charge in [0.05, 0.1) is 0 Å². The van der Waals surface area contributed by atoms with E-state index in [2.05, 4.69) is 24.2 Å². The Morgan fingerprint density at radius 1 is 1.37 bits per heavy atom. The zero-order valence-electron chi connectivity index (χ0n) is 11.9. The van der Waals surface area contributed by atoms with E-state index in [1.54, 1.807) is 0 Å². The molecule has 6 heteroatoms. The molecule has 110 valence electrons. The van der Waals surface area contributed by atoms with E-state index in [1.807, 2.05) is 4.90 Å². The lowest BCUT2D eigenvalue weighted by atomic mass is 10.2. The molecule has 0 bridgehead atoms. The van der Waals surface area contributed by atoms with Gasteiger partial charge in [-0.1, -0.05) is 6.92 Å².